The van der Waals surface area contributed by atoms with E-state index in [0.717, 1.165) is 67.4 Å². The zero-order valence-electron chi connectivity index (χ0n) is 18.6. The lowest BCUT2D eigenvalue weighted by molar-refractivity contribution is -0.137. The van der Waals surface area contributed by atoms with Crippen LogP contribution in [0, 0.1) is 5.92 Å². The van der Waals surface area contributed by atoms with Crippen molar-refractivity contribution in [3.8, 4) is 17.0 Å². The first-order chi connectivity index (χ1) is 16.2. The van der Waals surface area contributed by atoms with Gasteiger partial charge < -0.3 is 10.1 Å². The number of carbonyl (C=O) groups is 1. The van der Waals surface area contributed by atoms with Gasteiger partial charge in [-0.25, -0.2) is 0 Å². The summed E-state index contributed by atoms with van der Waals surface area (Å²) in [6, 6.07) is 12.4. The third-order valence-corrected chi connectivity index (χ3v) is 6.52. The fourth-order valence-corrected chi connectivity index (χ4v) is 4.48. The lowest BCUT2D eigenvalue weighted by Crippen LogP contribution is -2.38. The summed E-state index contributed by atoms with van der Waals surface area (Å²) in [4.78, 5) is 12.6. The molecule has 3 aromatic rings. The number of alkyl halides is 3. The molecule has 4 rings (SSSR count). The van der Waals surface area contributed by atoms with Crippen molar-refractivity contribution >= 4 is 17.5 Å². The Balaban J connectivity index is 1.30. The highest BCUT2D eigenvalue weighted by atomic mass is 35.5. The van der Waals surface area contributed by atoms with E-state index in [-0.39, 0.29) is 16.6 Å². The smallest absolute Gasteiger partial charge is 0.416 e. The van der Waals surface area contributed by atoms with Crippen LogP contribution < -0.4 is 10.1 Å². The van der Waals surface area contributed by atoms with Crippen molar-refractivity contribution in [1.82, 2.24) is 15.1 Å². The Labute approximate surface area is 200 Å². The zero-order chi connectivity index (χ0) is 24.3. The number of methoxy groups -OCH3 is 1. The van der Waals surface area contributed by atoms with E-state index >= 15 is 0 Å². The third-order valence-electron chi connectivity index (χ3n) is 6.19. The molecule has 0 spiro atoms. The second-order valence-corrected chi connectivity index (χ2v) is 8.94. The highest BCUT2D eigenvalue weighted by Gasteiger charge is 2.32. The van der Waals surface area contributed by atoms with E-state index in [0.29, 0.717) is 5.92 Å². The average Bonchev–Trinajstić information content (AvgIpc) is 3.28. The minimum atomic E-state index is -4.53. The van der Waals surface area contributed by atoms with Crippen LogP contribution in [-0.4, -0.2) is 28.8 Å². The quantitative estimate of drug-likeness (QED) is 0.445. The summed E-state index contributed by atoms with van der Waals surface area (Å²) in [6.07, 6.45) is 0.706. The van der Waals surface area contributed by atoms with E-state index in [9.17, 15) is 18.0 Å². The molecule has 0 atom stereocenters. The molecule has 34 heavy (non-hydrogen) atoms. The van der Waals surface area contributed by atoms with Gasteiger partial charge in [-0.2, -0.15) is 18.3 Å². The van der Waals surface area contributed by atoms with Gasteiger partial charge in [0.05, 0.1) is 29.0 Å². The predicted molar refractivity (Wildman–Crippen MR) is 124 cm³/mol. The molecule has 1 aliphatic rings. The van der Waals surface area contributed by atoms with Crippen molar-refractivity contribution in [2.75, 3.05) is 7.11 Å². The van der Waals surface area contributed by atoms with Gasteiger partial charge in [-0.3, -0.25) is 9.48 Å². The van der Waals surface area contributed by atoms with E-state index in [2.05, 4.69) is 10.4 Å². The maximum absolute atomic E-state index is 13.0. The lowest BCUT2D eigenvalue weighted by atomic mass is 9.86. The molecule has 0 aliphatic heterocycles. The standard InChI is InChI=1S/C25H25ClF3N3O2/c1-34-20-9-4-17(5-10-20)23-12-13-32(31-23)15-16-2-7-19(8-3-16)30-24(33)21-14-18(25(27,28)29)6-11-22(21)26/h4-6,9-14,16,19H,2-3,7-8,15H2,1H3,(H,30,33)/t16-,19-. The SMILES string of the molecule is COc1ccc(-c2ccn(C[C@H]3CC[C@H](NC(=O)c4cc(C(F)(F)F)ccc4Cl)CC3)n2)cc1. The highest BCUT2D eigenvalue weighted by molar-refractivity contribution is 6.33. The molecule has 1 N–H and O–H groups in total. The molecule has 1 fully saturated rings. The van der Waals surface area contributed by atoms with Crippen LogP contribution >= 0.6 is 11.6 Å². The summed E-state index contributed by atoms with van der Waals surface area (Å²) in [5.41, 5.74) is 0.862. The fraction of sp³-hybridized carbons (Fsp3) is 0.360. The van der Waals surface area contributed by atoms with Gasteiger partial charge in [-0.05, 0) is 80.1 Å². The molecule has 1 heterocycles. The average molecular weight is 492 g/mol. The van der Waals surface area contributed by atoms with Crippen molar-refractivity contribution in [1.29, 1.82) is 0 Å². The minimum Gasteiger partial charge on any atom is -0.497 e. The lowest BCUT2D eigenvalue weighted by Gasteiger charge is -2.29. The molecule has 9 heteroatoms. The maximum atomic E-state index is 13.0. The van der Waals surface area contributed by atoms with E-state index in [1.165, 1.54) is 0 Å². The predicted octanol–water partition coefficient (Wildman–Crippen LogP) is 6.22. The number of carbonyl (C=O) groups excluding carboxylic acids is 1. The molecular weight excluding hydrogens is 467 g/mol. The van der Waals surface area contributed by atoms with Crippen LogP contribution in [0.5, 0.6) is 5.75 Å². The van der Waals surface area contributed by atoms with Crippen LogP contribution in [-0.2, 0) is 12.7 Å². The number of nitrogens with zero attached hydrogens (tertiary/aromatic N) is 2. The van der Waals surface area contributed by atoms with Gasteiger partial charge in [0.15, 0.2) is 0 Å². The van der Waals surface area contributed by atoms with Crippen molar-refractivity contribution in [2.24, 2.45) is 5.92 Å². The van der Waals surface area contributed by atoms with E-state index < -0.39 is 17.6 Å². The normalized spacial score (nSPS) is 18.5. The van der Waals surface area contributed by atoms with Crippen LogP contribution in [0.3, 0.4) is 0 Å². The summed E-state index contributed by atoms with van der Waals surface area (Å²) in [7, 11) is 1.63. The number of nitrogens with one attached hydrogen (secondary N) is 1. The molecule has 1 aliphatic carbocycles. The second kappa shape index (κ2) is 10.1. The number of hydrogen-bond donors (Lipinski definition) is 1. The summed E-state index contributed by atoms with van der Waals surface area (Å²) in [5, 5.41) is 7.53. The van der Waals surface area contributed by atoms with Crippen molar-refractivity contribution in [3.05, 3.63) is 70.9 Å². The third kappa shape index (κ3) is 5.73. The Kier molecular flexibility index (Phi) is 7.16. The first-order valence-electron chi connectivity index (χ1n) is 11.1. The molecule has 0 unspecified atom stereocenters. The summed E-state index contributed by atoms with van der Waals surface area (Å²) in [5.74, 6) is 0.632. The van der Waals surface area contributed by atoms with Crippen LogP contribution in [0.15, 0.2) is 54.7 Å². The Bertz CT molecular complexity index is 1140. The Morgan fingerprint density at radius 2 is 1.82 bits per heavy atom. The van der Waals surface area contributed by atoms with E-state index in [1.807, 2.05) is 41.2 Å². The van der Waals surface area contributed by atoms with Crippen molar-refractivity contribution < 1.29 is 22.7 Å². The fourth-order valence-electron chi connectivity index (χ4n) is 4.27. The molecule has 0 bridgehead atoms. The molecule has 0 saturated heterocycles. The Morgan fingerprint density at radius 1 is 1.12 bits per heavy atom. The molecule has 1 amide bonds. The molecule has 5 nitrogen and oxygen atoms in total. The van der Waals surface area contributed by atoms with Crippen LogP contribution in [0.25, 0.3) is 11.3 Å². The summed E-state index contributed by atoms with van der Waals surface area (Å²) >= 11 is 5.99. The number of amides is 1. The van der Waals surface area contributed by atoms with E-state index in [4.69, 9.17) is 16.3 Å². The van der Waals surface area contributed by atoms with Crippen molar-refractivity contribution in [3.63, 3.8) is 0 Å². The first kappa shape index (κ1) is 24.1. The number of benzene rings is 2. The molecule has 180 valence electrons. The Hall–Kier alpha value is -3.00. The van der Waals surface area contributed by atoms with Gasteiger partial charge in [0.25, 0.3) is 5.91 Å². The highest BCUT2D eigenvalue weighted by Crippen LogP contribution is 2.32. The molecule has 1 aromatic heterocycles. The first-order valence-corrected chi connectivity index (χ1v) is 11.5. The minimum absolute atomic E-state index is 0.00512. The monoisotopic (exact) mass is 491 g/mol. The van der Waals surface area contributed by atoms with Crippen LogP contribution in [0.1, 0.15) is 41.6 Å². The molecule has 1 saturated carbocycles. The molecule has 2 aromatic carbocycles. The second-order valence-electron chi connectivity index (χ2n) is 8.54. The van der Waals surface area contributed by atoms with Crippen LogP contribution in [0.2, 0.25) is 5.02 Å². The number of halogens is 4. The van der Waals surface area contributed by atoms with Gasteiger partial charge in [0.2, 0.25) is 0 Å². The summed E-state index contributed by atoms with van der Waals surface area (Å²) in [6.45, 7) is 0.774. The maximum Gasteiger partial charge on any atom is 0.416 e. The molecule has 0 radical (unpaired) electrons. The number of hydrogen-bond acceptors (Lipinski definition) is 3. The molecular formula is C25H25ClF3N3O2. The van der Waals surface area contributed by atoms with Gasteiger partial charge >= 0.3 is 6.18 Å². The largest absolute Gasteiger partial charge is 0.497 e. The Morgan fingerprint density at radius 3 is 2.47 bits per heavy atom. The zero-order valence-corrected chi connectivity index (χ0v) is 19.4. The number of aromatic nitrogens is 2. The van der Waals surface area contributed by atoms with E-state index in [1.54, 1.807) is 7.11 Å². The number of ether oxygens (including phenoxy) is 1. The van der Waals surface area contributed by atoms with Gasteiger partial charge in [-0.15, -0.1) is 0 Å². The van der Waals surface area contributed by atoms with Crippen LogP contribution in [0.4, 0.5) is 13.2 Å². The van der Waals surface area contributed by atoms with Gasteiger partial charge in [0, 0.05) is 24.3 Å². The van der Waals surface area contributed by atoms with Gasteiger partial charge in [-0.1, -0.05) is 11.6 Å². The van der Waals surface area contributed by atoms with Gasteiger partial charge in [0.1, 0.15) is 5.75 Å². The topological polar surface area (TPSA) is 56.1 Å². The number of rotatable bonds is 6. The van der Waals surface area contributed by atoms with Crippen molar-refractivity contribution in [2.45, 2.75) is 44.4 Å². The summed E-state index contributed by atoms with van der Waals surface area (Å²) < 4.78 is 46.1.